The molecule has 2 atom stereocenters. The minimum Gasteiger partial charge on any atom is -0.462 e. The van der Waals surface area contributed by atoms with E-state index in [0.29, 0.717) is 29.7 Å². The number of furan rings is 1. The second-order valence-electron chi connectivity index (χ2n) is 8.17. The maximum atomic E-state index is 12.4. The van der Waals surface area contributed by atoms with E-state index in [-0.39, 0.29) is 37.0 Å². The molecule has 7 nitrogen and oxygen atoms in total. The van der Waals surface area contributed by atoms with Crippen LogP contribution >= 0.6 is 0 Å². The maximum absolute atomic E-state index is 12.4. The van der Waals surface area contributed by atoms with Crippen LogP contribution in [0.2, 0.25) is 0 Å². The third-order valence-corrected chi connectivity index (χ3v) is 6.02. The van der Waals surface area contributed by atoms with Gasteiger partial charge in [0.1, 0.15) is 12.7 Å². The fourth-order valence-corrected chi connectivity index (χ4v) is 4.27. The topological polar surface area (TPSA) is 92.0 Å². The first-order valence-corrected chi connectivity index (χ1v) is 10.9. The van der Waals surface area contributed by atoms with E-state index in [1.807, 2.05) is 13.8 Å². The zero-order valence-corrected chi connectivity index (χ0v) is 19.5. The van der Waals surface area contributed by atoms with Crippen molar-refractivity contribution in [3.63, 3.8) is 0 Å². The molecule has 0 bridgehead atoms. The van der Waals surface area contributed by atoms with Crippen LogP contribution in [0.15, 0.2) is 22.3 Å². The van der Waals surface area contributed by atoms with Crippen LogP contribution in [-0.4, -0.2) is 24.0 Å². The highest BCUT2D eigenvalue weighted by Gasteiger charge is 2.36. The third-order valence-electron chi connectivity index (χ3n) is 6.02. The van der Waals surface area contributed by atoms with Crippen molar-refractivity contribution in [2.75, 3.05) is 0 Å². The minimum absolute atomic E-state index is 0.0301. The fourth-order valence-electron chi connectivity index (χ4n) is 4.27. The maximum Gasteiger partial charge on any atom is 0.333 e. The predicted octanol–water partition coefficient (Wildman–Crippen LogP) is 5.05. The molecule has 0 aliphatic heterocycles. The van der Waals surface area contributed by atoms with Gasteiger partial charge in [-0.05, 0) is 44.7 Å². The molecule has 0 spiro atoms. The molecule has 0 radical (unpaired) electrons. The number of hydrogen-bond acceptors (Lipinski definition) is 7. The molecule has 2 unspecified atom stereocenters. The highest BCUT2D eigenvalue weighted by molar-refractivity contribution is 5.94. The van der Waals surface area contributed by atoms with Gasteiger partial charge in [0.2, 0.25) is 0 Å². The van der Waals surface area contributed by atoms with E-state index < -0.39 is 5.97 Å². The number of ether oxygens (including phenoxy) is 3. The van der Waals surface area contributed by atoms with Crippen LogP contribution in [0.4, 0.5) is 0 Å². The van der Waals surface area contributed by atoms with Crippen LogP contribution in [0.25, 0.3) is 11.0 Å². The van der Waals surface area contributed by atoms with Crippen molar-refractivity contribution in [2.24, 2.45) is 0 Å². The summed E-state index contributed by atoms with van der Waals surface area (Å²) in [5.41, 5.74) is 4.32. The molecular weight excluding hydrogens is 412 g/mol. The van der Waals surface area contributed by atoms with E-state index in [1.54, 1.807) is 33.1 Å². The molecule has 1 heterocycles. The summed E-state index contributed by atoms with van der Waals surface area (Å²) >= 11 is 0. The largest absolute Gasteiger partial charge is 0.462 e. The Bertz CT molecular complexity index is 1090. The van der Waals surface area contributed by atoms with Crippen LogP contribution < -0.4 is 4.74 Å². The van der Waals surface area contributed by atoms with Crippen molar-refractivity contribution in [1.29, 1.82) is 0 Å². The lowest BCUT2D eigenvalue weighted by atomic mass is 9.77. The average molecular weight is 443 g/mol. The number of benzene rings is 1. The van der Waals surface area contributed by atoms with Gasteiger partial charge in [0.15, 0.2) is 11.3 Å². The van der Waals surface area contributed by atoms with Gasteiger partial charge in [0, 0.05) is 41.3 Å². The van der Waals surface area contributed by atoms with Gasteiger partial charge in [-0.3, -0.25) is 9.59 Å². The molecule has 2 aromatic rings. The molecular formula is C25H30O7. The van der Waals surface area contributed by atoms with Gasteiger partial charge >= 0.3 is 17.9 Å². The first kappa shape index (κ1) is 23.6. The van der Waals surface area contributed by atoms with Crippen molar-refractivity contribution >= 4 is 28.9 Å². The zero-order valence-electron chi connectivity index (χ0n) is 19.5. The van der Waals surface area contributed by atoms with Crippen LogP contribution in [0.3, 0.4) is 0 Å². The van der Waals surface area contributed by atoms with Gasteiger partial charge in [-0.25, -0.2) is 4.79 Å². The van der Waals surface area contributed by atoms with E-state index in [2.05, 4.69) is 0 Å². The second-order valence-corrected chi connectivity index (χ2v) is 8.17. The lowest BCUT2D eigenvalue weighted by molar-refractivity contribution is -0.147. The first-order valence-electron chi connectivity index (χ1n) is 10.9. The number of hydrogen-bond donors (Lipinski definition) is 0. The Hall–Kier alpha value is -3.09. The molecule has 1 aliphatic rings. The fraction of sp³-hybridized carbons (Fsp3) is 0.480. The summed E-state index contributed by atoms with van der Waals surface area (Å²) in [5, 5.41) is 0.754. The summed E-state index contributed by atoms with van der Waals surface area (Å²) in [6.45, 7) is 10.5. The van der Waals surface area contributed by atoms with Gasteiger partial charge in [0.25, 0.3) is 0 Å². The molecule has 0 saturated carbocycles. The lowest BCUT2D eigenvalue weighted by Gasteiger charge is -2.33. The van der Waals surface area contributed by atoms with E-state index >= 15 is 0 Å². The van der Waals surface area contributed by atoms with Crippen molar-refractivity contribution < 1.29 is 33.0 Å². The van der Waals surface area contributed by atoms with Crippen LogP contribution in [0, 0.1) is 6.92 Å². The van der Waals surface area contributed by atoms with Crippen molar-refractivity contribution in [1.82, 2.24) is 0 Å². The number of allylic oxidation sites excluding steroid dienone is 1. The van der Waals surface area contributed by atoms with E-state index in [4.69, 9.17) is 18.6 Å². The highest BCUT2D eigenvalue weighted by Crippen LogP contribution is 2.47. The Kier molecular flexibility index (Phi) is 7.06. The Balaban J connectivity index is 2.21. The molecule has 32 heavy (non-hydrogen) atoms. The molecule has 3 rings (SSSR count). The molecule has 172 valence electrons. The number of carbonyl (C=O) groups is 3. The molecule has 1 aromatic carbocycles. The average Bonchev–Trinajstić information content (AvgIpc) is 3.15. The number of aryl methyl sites for hydroxylation is 1. The normalized spacial score (nSPS) is 18.2. The van der Waals surface area contributed by atoms with Crippen LogP contribution in [0.5, 0.6) is 5.75 Å². The summed E-state index contributed by atoms with van der Waals surface area (Å²) in [4.78, 5) is 36.2. The van der Waals surface area contributed by atoms with E-state index in [1.165, 1.54) is 6.92 Å². The van der Waals surface area contributed by atoms with Gasteiger partial charge in [-0.2, -0.15) is 0 Å². The summed E-state index contributed by atoms with van der Waals surface area (Å²) in [7, 11) is 0. The molecule has 0 fully saturated rings. The third kappa shape index (κ3) is 4.42. The van der Waals surface area contributed by atoms with E-state index in [9.17, 15) is 14.4 Å². The first-order chi connectivity index (χ1) is 15.2. The summed E-state index contributed by atoms with van der Waals surface area (Å²) in [6, 6.07) is 0. The van der Waals surface area contributed by atoms with Gasteiger partial charge in [-0.1, -0.05) is 19.9 Å². The SMILES string of the molecule is CC=C(C)C(=O)OCc1c2c(c(OC(=O)CC)c3occ(C)c13)CCC(OC(C)=O)C2C. The van der Waals surface area contributed by atoms with Gasteiger partial charge in [0.05, 0.1) is 6.26 Å². The molecule has 7 heteroatoms. The predicted molar refractivity (Wildman–Crippen MR) is 118 cm³/mol. The number of carbonyl (C=O) groups excluding carboxylic acids is 3. The molecule has 0 N–H and O–H groups in total. The summed E-state index contributed by atoms with van der Waals surface area (Å²) < 4.78 is 22.7. The Labute approximate surface area is 187 Å². The summed E-state index contributed by atoms with van der Waals surface area (Å²) in [6.07, 6.45) is 4.33. The van der Waals surface area contributed by atoms with Crippen molar-refractivity contribution in [3.05, 3.63) is 40.2 Å². The van der Waals surface area contributed by atoms with Crippen LogP contribution in [-0.2, 0) is 36.9 Å². The number of rotatable bonds is 6. The van der Waals surface area contributed by atoms with Crippen molar-refractivity contribution in [3.8, 4) is 5.75 Å². The van der Waals surface area contributed by atoms with Gasteiger partial charge < -0.3 is 18.6 Å². The zero-order chi connectivity index (χ0) is 23.6. The Morgan fingerprint density at radius 1 is 1.25 bits per heavy atom. The quantitative estimate of drug-likeness (QED) is 0.351. The second kappa shape index (κ2) is 9.59. The van der Waals surface area contributed by atoms with Gasteiger partial charge in [-0.15, -0.1) is 0 Å². The number of esters is 3. The monoisotopic (exact) mass is 442 g/mol. The standard InChI is InChI=1S/C25H30O7/c1-7-13(3)25(28)30-12-18-21-14(4)11-29-24(21)23(32-20(27)8-2)17-9-10-19(31-16(6)26)15(5)22(17)18/h7,11,15,19H,8-10,12H2,1-6H3. The Morgan fingerprint density at radius 2 is 1.97 bits per heavy atom. The van der Waals surface area contributed by atoms with Crippen molar-refractivity contribution in [2.45, 2.75) is 79.4 Å². The number of fused-ring (bicyclic) bond motifs is 2. The minimum atomic E-state index is -0.406. The molecule has 1 aromatic heterocycles. The summed E-state index contributed by atoms with van der Waals surface area (Å²) in [5.74, 6) is -0.892. The Morgan fingerprint density at radius 3 is 2.59 bits per heavy atom. The molecule has 0 amide bonds. The smallest absolute Gasteiger partial charge is 0.333 e. The lowest BCUT2D eigenvalue weighted by Crippen LogP contribution is -2.30. The molecule has 1 aliphatic carbocycles. The van der Waals surface area contributed by atoms with E-state index in [0.717, 1.165) is 27.6 Å². The molecule has 0 saturated heterocycles. The van der Waals surface area contributed by atoms with Crippen LogP contribution in [0.1, 0.15) is 75.6 Å². The highest BCUT2D eigenvalue weighted by atomic mass is 16.5.